The van der Waals surface area contributed by atoms with E-state index in [-0.39, 0.29) is 0 Å². The Bertz CT molecular complexity index is 120. The summed E-state index contributed by atoms with van der Waals surface area (Å²) in [5, 5.41) is 0. The van der Waals surface area contributed by atoms with Crippen molar-refractivity contribution in [3.8, 4) is 0 Å². The van der Waals surface area contributed by atoms with Crippen LogP contribution in [0.4, 0.5) is 0 Å². The SMILES string of the molecule is C/C=C\CCCOCCC/C=C\C. The largest absolute Gasteiger partial charge is 0.381 e. The van der Waals surface area contributed by atoms with Crippen molar-refractivity contribution >= 4 is 0 Å². The third-order valence-corrected chi connectivity index (χ3v) is 1.79. The lowest BCUT2D eigenvalue weighted by Gasteiger charge is -2.00. The zero-order chi connectivity index (χ0) is 9.78. The first-order chi connectivity index (χ1) is 6.41. The van der Waals surface area contributed by atoms with E-state index in [0.717, 1.165) is 38.9 Å². The lowest BCUT2D eigenvalue weighted by atomic mass is 10.3. The van der Waals surface area contributed by atoms with E-state index >= 15 is 0 Å². The molecule has 0 heterocycles. The Morgan fingerprint density at radius 2 is 1.31 bits per heavy atom. The highest BCUT2D eigenvalue weighted by Crippen LogP contribution is 1.95. The molecule has 0 aliphatic rings. The van der Waals surface area contributed by atoms with Crippen molar-refractivity contribution in [1.29, 1.82) is 0 Å². The molecule has 1 nitrogen and oxygen atoms in total. The van der Waals surface area contributed by atoms with Crippen LogP contribution in [-0.4, -0.2) is 13.2 Å². The summed E-state index contributed by atoms with van der Waals surface area (Å²) >= 11 is 0. The Morgan fingerprint density at radius 1 is 0.846 bits per heavy atom. The summed E-state index contributed by atoms with van der Waals surface area (Å²) in [4.78, 5) is 0. The van der Waals surface area contributed by atoms with Crippen molar-refractivity contribution in [2.45, 2.75) is 39.5 Å². The van der Waals surface area contributed by atoms with Gasteiger partial charge in [0.2, 0.25) is 0 Å². The third-order valence-electron chi connectivity index (χ3n) is 1.79. The molecule has 0 saturated carbocycles. The molecule has 0 spiro atoms. The van der Waals surface area contributed by atoms with E-state index < -0.39 is 0 Å². The van der Waals surface area contributed by atoms with E-state index in [1.54, 1.807) is 0 Å². The van der Waals surface area contributed by atoms with Gasteiger partial charge in [0, 0.05) is 13.2 Å². The molecule has 0 rings (SSSR count). The quantitative estimate of drug-likeness (QED) is 0.410. The molecule has 0 radical (unpaired) electrons. The number of rotatable bonds is 8. The summed E-state index contributed by atoms with van der Waals surface area (Å²) in [6.45, 7) is 5.91. The van der Waals surface area contributed by atoms with E-state index in [0.29, 0.717) is 0 Å². The summed E-state index contributed by atoms with van der Waals surface area (Å²) in [6, 6.07) is 0. The highest BCUT2D eigenvalue weighted by Gasteiger charge is 1.86. The highest BCUT2D eigenvalue weighted by molar-refractivity contribution is 4.76. The normalized spacial score (nSPS) is 11.8. The maximum Gasteiger partial charge on any atom is 0.0468 e. The van der Waals surface area contributed by atoms with Crippen molar-refractivity contribution in [1.82, 2.24) is 0 Å². The van der Waals surface area contributed by atoms with Gasteiger partial charge >= 0.3 is 0 Å². The molecular weight excluding hydrogens is 160 g/mol. The van der Waals surface area contributed by atoms with E-state index in [1.807, 2.05) is 0 Å². The monoisotopic (exact) mass is 182 g/mol. The van der Waals surface area contributed by atoms with Crippen LogP contribution in [0.2, 0.25) is 0 Å². The third kappa shape index (κ3) is 11.4. The Kier molecular flexibility index (Phi) is 10.9. The molecule has 0 amide bonds. The molecular formula is C12H22O. The van der Waals surface area contributed by atoms with Crippen LogP contribution in [0.25, 0.3) is 0 Å². The minimum absolute atomic E-state index is 0.903. The average molecular weight is 182 g/mol. The van der Waals surface area contributed by atoms with Crippen LogP contribution in [0.1, 0.15) is 39.5 Å². The van der Waals surface area contributed by atoms with Gasteiger partial charge < -0.3 is 4.74 Å². The van der Waals surface area contributed by atoms with Crippen LogP contribution in [0.15, 0.2) is 24.3 Å². The Labute approximate surface area is 82.5 Å². The van der Waals surface area contributed by atoms with Crippen LogP contribution in [-0.2, 0) is 4.74 Å². The summed E-state index contributed by atoms with van der Waals surface area (Å²) in [5.41, 5.74) is 0. The summed E-state index contributed by atoms with van der Waals surface area (Å²) in [7, 11) is 0. The molecule has 0 aromatic heterocycles. The first kappa shape index (κ1) is 12.4. The minimum atomic E-state index is 0.903. The van der Waals surface area contributed by atoms with Crippen molar-refractivity contribution in [3.63, 3.8) is 0 Å². The van der Waals surface area contributed by atoms with Crippen molar-refractivity contribution in [2.24, 2.45) is 0 Å². The predicted molar refractivity (Wildman–Crippen MR) is 58.9 cm³/mol. The summed E-state index contributed by atoms with van der Waals surface area (Å²) in [6.07, 6.45) is 13.1. The molecule has 1 heteroatoms. The van der Waals surface area contributed by atoms with Gasteiger partial charge in [-0.1, -0.05) is 24.3 Å². The zero-order valence-corrected chi connectivity index (χ0v) is 8.96. The van der Waals surface area contributed by atoms with Crippen LogP contribution < -0.4 is 0 Å². The second-order valence-electron chi connectivity index (χ2n) is 3.03. The molecule has 76 valence electrons. The fourth-order valence-corrected chi connectivity index (χ4v) is 1.04. The summed E-state index contributed by atoms with van der Waals surface area (Å²) in [5.74, 6) is 0. The first-order valence-electron chi connectivity index (χ1n) is 5.22. The predicted octanol–water partition coefficient (Wildman–Crippen LogP) is 3.72. The van der Waals surface area contributed by atoms with Crippen LogP contribution in [0, 0.1) is 0 Å². The van der Waals surface area contributed by atoms with Crippen LogP contribution in [0.3, 0.4) is 0 Å². The zero-order valence-electron chi connectivity index (χ0n) is 8.96. The molecule has 0 saturated heterocycles. The average Bonchev–Trinajstić information content (AvgIpc) is 2.16. The molecule has 0 fully saturated rings. The van der Waals surface area contributed by atoms with Crippen LogP contribution >= 0.6 is 0 Å². The molecule has 0 N–H and O–H groups in total. The van der Waals surface area contributed by atoms with Gasteiger partial charge in [0.05, 0.1) is 0 Å². The molecule has 0 aromatic rings. The van der Waals surface area contributed by atoms with Crippen molar-refractivity contribution in [3.05, 3.63) is 24.3 Å². The fourth-order valence-electron chi connectivity index (χ4n) is 1.04. The second-order valence-corrected chi connectivity index (χ2v) is 3.03. The number of allylic oxidation sites excluding steroid dienone is 4. The maximum atomic E-state index is 5.46. The van der Waals surface area contributed by atoms with Gasteiger partial charge in [0.15, 0.2) is 0 Å². The fraction of sp³-hybridized carbons (Fsp3) is 0.667. The minimum Gasteiger partial charge on any atom is -0.381 e. The molecule has 0 bridgehead atoms. The molecule has 0 aliphatic carbocycles. The Morgan fingerprint density at radius 3 is 1.69 bits per heavy atom. The molecule has 0 atom stereocenters. The molecule has 0 unspecified atom stereocenters. The number of unbranched alkanes of at least 4 members (excludes halogenated alkanes) is 2. The molecule has 0 aliphatic heterocycles. The van der Waals surface area contributed by atoms with Crippen LogP contribution in [0.5, 0.6) is 0 Å². The lowest BCUT2D eigenvalue weighted by molar-refractivity contribution is 0.130. The number of hydrogen-bond acceptors (Lipinski definition) is 1. The van der Waals surface area contributed by atoms with Gasteiger partial charge in [-0.25, -0.2) is 0 Å². The smallest absolute Gasteiger partial charge is 0.0468 e. The highest BCUT2D eigenvalue weighted by atomic mass is 16.5. The Balaban J connectivity index is 2.91. The second kappa shape index (κ2) is 11.4. The van der Waals surface area contributed by atoms with Crippen molar-refractivity contribution < 1.29 is 4.74 Å². The topological polar surface area (TPSA) is 9.23 Å². The van der Waals surface area contributed by atoms with Gasteiger partial charge in [-0.3, -0.25) is 0 Å². The van der Waals surface area contributed by atoms with E-state index in [1.165, 1.54) is 0 Å². The van der Waals surface area contributed by atoms with Gasteiger partial charge in [-0.2, -0.15) is 0 Å². The van der Waals surface area contributed by atoms with Gasteiger partial charge in [-0.15, -0.1) is 0 Å². The maximum absolute atomic E-state index is 5.46. The van der Waals surface area contributed by atoms with Gasteiger partial charge in [-0.05, 0) is 39.5 Å². The van der Waals surface area contributed by atoms with E-state index in [2.05, 4.69) is 38.2 Å². The Hall–Kier alpha value is -0.560. The van der Waals surface area contributed by atoms with E-state index in [9.17, 15) is 0 Å². The molecule has 13 heavy (non-hydrogen) atoms. The number of hydrogen-bond donors (Lipinski definition) is 0. The van der Waals surface area contributed by atoms with E-state index in [4.69, 9.17) is 4.74 Å². The standard InChI is InChI=1S/C12H22O/c1-3-5-7-9-11-13-12-10-8-6-4-2/h3-6H,7-12H2,1-2H3/b5-3-,6-4-. The first-order valence-corrected chi connectivity index (χ1v) is 5.22. The van der Waals surface area contributed by atoms with Gasteiger partial charge in [0.1, 0.15) is 0 Å². The summed E-state index contributed by atoms with van der Waals surface area (Å²) < 4.78 is 5.46. The van der Waals surface area contributed by atoms with Gasteiger partial charge in [0.25, 0.3) is 0 Å². The molecule has 0 aromatic carbocycles. The lowest BCUT2D eigenvalue weighted by Crippen LogP contribution is -1.95. The van der Waals surface area contributed by atoms with Crippen molar-refractivity contribution in [2.75, 3.05) is 13.2 Å². The number of ether oxygens (including phenoxy) is 1.